The van der Waals surface area contributed by atoms with Crippen LogP contribution in [0.3, 0.4) is 0 Å². The van der Waals surface area contributed by atoms with Gasteiger partial charge in [-0.2, -0.15) is 0 Å². The van der Waals surface area contributed by atoms with Crippen molar-refractivity contribution in [1.29, 1.82) is 0 Å². The average Bonchev–Trinajstić information content (AvgIpc) is 3.02. The molecule has 4 nitrogen and oxygen atoms in total. The molecule has 0 saturated heterocycles. The van der Waals surface area contributed by atoms with Crippen LogP contribution in [-0.4, -0.2) is 66.7 Å². The molecule has 0 aliphatic heterocycles. The molecule has 0 radical (unpaired) electrons. The Labute approximate surface area is 141 Å². The van der Waals surface area contributed by atoms with Crippen molar-refractivity contribution in [3.63, 3.8) is 0 Å². The Hall–Kier alpha value is 0.219. The fourth-order valence-corrected chi connectivity index (χ4v) is 4.12. The first-order valence-corrected chi connectivity index (χ1v) is 9.68. The monoisotopic (exact) mass is 444 g/mol. The van der Waals surface area contributed by atoms with Crippen molar-refractivity contribution in [3.05, 3.63) is 30.2 Å². The molecule has 0 N–H and O–H groups in total. The van der Waals surface area contributed by atoms with Crippen molar-refractivity contribution in [2.75, 3.05) is 26.4 Å². The van der Waals surface area contributed by atoms with Gasteiger partial charge in [0.1, 0.15) is 0 Å². The molecule has 0 bridgehead atoms. The first kappa shape index (κ1) is 16.6. The second kappa shape index (κ2) is 9.28. The van der Waals surface area contributed by atoms with Crippen molar-refractivity contribution in [2.45, 2.75) is 13.1 Å². The third-order valence-corrected chi connectivity index (χ3v) is 6.20. The van der Waals surface area contributed by atoms with Gasteiger partial charge in [0.25, 0.3) is 0 Å². The van der Waals surface area contributed by atoms with Crippen LogP contribution in [-0.2, 0) is 22.6 Å². The van der Waals surface area contributed by atoms with E-state index in [4.69, 9.17) is 9.47 Å². The molecule has 0 spiro atoms. The van der Waals surface area contributed by atoms with Gasteiger partial charge in [-0.15, -0.1) is 0 Å². The second-order valence-electron chi connectivity index (χ2n) is 3.95. The Bertz CT molecular complexity index is 563. The van der Waals surface area contributed by atoms with Crippen LogP contribution in [0.1, 0.15) is 0 Å². The van der Waals surface area contributed by atoms with Gasteiger partial charge in [0.05, 0.1) is 0 Å². The van der Waals surface area contributed by atoms with Gasteiger partial charge in [0, 0.05) is 0 Å². The van der Waals surface area contributed by atoms with Crippen LogP contribution in [0.5, 0.6) is 0 Å². The number of hydrogen-bond donors (Lipinski definition) is 0. The van der Waals surface area contributed by atoms with Gasteiger partial charge in [-0.25, -0.2) is 0 Å². The molecular weight excluding hydrogens is 426 g/mol. The van der Waals surface area contributed by atoms with Gasteiger partial charge in [0.2, 0.25) is 0 Å². The summed E-state index contributed by atoms with van der Waals surface area (Å²) in [4.78, 5) is 0. The molecule has 2 rings (SSSR count). The second-order valence-corrected chi connectivity index (χ2v) is 8.53. The van der Waals surface area contributed by atoms with Crippen LogP contribution >= 0.6 is 22.7 Å². The minimum atomic E-state index is 0.646. The summed E-state index contributed by atoms with van der Waals surface area (Å²) < 4.78 is 17.8. The van der Waals surface area contributed by atoms with Gasteiger partial charge < -0.3 is 0 Å². The molecule has 8 heteroatoms. The Balaban J connectivity index is 1.48. The van der Waals surface area contributed by atoms with E-state index in [1.54, 1.807) is 22.7 Å². The van der Waals surface area contributed by atoms with E-state index in [1.807, 2.05) is 0 Å². The first-order chi connectivity index (χ1) is 9.77. The Morgan fingerprint density at radius 1 is 0.800 bits per heavy atom. The summed E-state index contributed by atoms with van der Waals surface area (Å²) >= 11 is 9.47. The normalized spacial score (nSPS) is 11.0. The van der Waals surface area contributed by atoms with Crippen LogP contribution < -0.4 is 0 Å². The molecule has 2 aromatic rings. The van der Waals surface area contributed by atoms with Crippen LogP contribution in [0.2, 0.25) is 0 Å². The van der Waals surface area contributed by atoms with E-state index in [-0.39, 0.29) is 0 Å². The maximum absolute atomic E-state index is 5.56. The average molecular weight is 442 g/mol. The van der Waals surface area contributed by atoms with Gasteiger partial charge in [-0.3, -0.25) is 0 Å². The molecule has 0 aromatic carbocycles. The number of nitrogens with zero attached hydrogens (tertiary/aromatic N) is 2. The first-order valence-electron chi connectivity index (χ1n) is 6.21. The quantitative estimate of drug-likeness (QED) is 0.436. The molecule has 0 fully saturated rings. The molecule has 0 unspecified atom stereocenters. The number of aromatic nitrogens is 2. The summed E-state index contributed by atoms with van der Waals surface area (Å²) in [5.41, 5.74) is 0. The third kappa shape index (κ3) is 5.54. The van der Waals surface area contributed by atoms with Crippen molar-refractivity contribution in [3.8, 4) is 0 Å². The van der Waals surface area contributed by atoms with E-state index in [0.29, 0.717) is 26.4 Å². The number of thiazole rings is 2. The Morgan fingerprint density at radius 2 is 1.25 bits per heavy atom. The summed E-state index contributed by atoms with van der Waals surface area (Å²) in [5, 5.41) is 4.13. The van der Waals surface area contributed by atoms with E-state index < -0.39 is 0 Å². The maximum atomic E-state index is 5.56. The van der Waals surface area contributed by atoms with E-state index in [1.165, 1.54) is 7.01 Å². The summed E-state index contributed by atoms with van der Waals surface area (Å²) in [6.07, 6.45) is 4.13. The predicted octanol–water partition coefficient (Wildman–Crippen LogP) is 1.55. The molecule has 20 heavy (non-hydrogen) atoms. The van der Waals surface area contributed by atoms with Crippen LogP contribution in [0.25, 0.3) is 0 Å². The minimum absolute atomic E-state index is 0.646. The molecule has 0 atom stereocenters. The Morgan fingerprint density at radius 3 is 1.60 bits per heavy atom. The fourth-order valence-electron chi connectivity index (χ4n) is 1.56. The standard InChI is InChI=1S/C12H16N2O2S2Se2/c19-11-13(3-9-17-11)1-5-15-7-8-16-6-2-14-4-10-18-12(14)20/h3-4,9-10H,1-2,5-8H2. The molecule has 0 aliphatic rings. The SMILES string of the molecule is [Se]=c1sccn1CCOCCOCCn1ccsc1=[Se]. The molecule has 0 aliphatic carbocycles. The van der Waals surface area contributed by atoms with Crippen molar-refractivity contribution in [1.82, 2.24) is 9.13 Å². The fraction of sp³-hybridized carbons (Fsp3) is 0.500. The van der Waals surface area contributed by atoms with Crippen molar-refractivity contribution < 1.29 is 9.47 Å². The van der Waals surface area contributed by atoms with E-state index in [0.717, 1.165) is 13.1 Å². The van der Waals surface area contributed by atoms with E-state index in [9.17, 15) is 0 Å². The molecule has 0 amide bonds. The zero-order chi connectivity index (χ0) is 14.2. The van der Waals surface area contributed by atoms with Gasteiger partial charge in [-0.1, -0.05) is 0 Å². The Kier molecular flexibility index (Phi) is 7.70. The zero-order valence-corrected chi connectivity index (χ0v) is 16.0. The molecule has 0 saturated carbocycles. The molecule has 2 heterocycles. The third-order valence-electron chi connectivity index (χ3n) is 2.61. The van der Waals surface area contributed by atoms with E-state index >= 15 is 0 Å². The summed E-state index contributed by atoms with van der Waals surface area (Å²) in [5.74, 6) is 0. The predicted molar refractivity (Wildman–Crippen MR) is 84.3 cm³/mol. The van der Waals surface area contributed by atoms with Crippen LogP contribution in [0.15, 0.2) is 23.2 Å². The van der Waals surface area contributed by atoms with Gasteiger partial charge in [-0.05, 0) is 0 Å². The van der Waals surface area contributed by atoms with Crippen molar-refractivity contribution in [2.24, 2.45) is 0 Å². The topological polar surface area (TPSA) is 28.3 Å². The number of hydrogen-bond acceptors (Lipinski definition) is 4. The van der Waals surface area contributed by atoms with Gasteiger partial charge in [0.15, 0.2) is 0 Å². The number of rotatable bonds is 9. The van der Waals surface area contributed by atoms with E-state index in [2.05, 4.69) is 63.4 Å². The summed E-state index contributed by atoms with van der Waals surface area (Å²) in [6, 6.07) is 0. The van der Waals surface area contributed by atoms with Crippen LogP contribution in [0.4, 0.5) is 0 Å². The molecular formula is C12H16N2O2S2Se2. The summed E-state index contributed by atoms with van der Waals surface area (Å²) in [7, 11) is 0. The number of ether oxygens (including phenoxy) is 2. The van der Waals surface area contributed by atoms with Crippen LogP contribution in [0, 0.1) is 7.01 Å². The molecule has 110 valence electrons. The summed E-state index contributed by atoms with van der Waals surface area (Å²) in [6.45, 7) is 4.48. The zero-order valence-electron chi connectivity index (χ0n) is 10.9. The van der Waals surface area contributed by atoms with Crippen molar-refractivity contribution >= 4 is 53.8 Å². The van der Waals surface area contributed by atoms with Gasteiger partial charge >= 0.3 is 142 Å². The molecule has 2 aromatic heterocycles.